The summed E-state index contributed by atoms with van der Waals surface area (Å²) in [4.78, 5) is 4.96. The highest BCUT2D eigenvalue weighted by molar-refractivity contribution is 6.10. The minimum absolute atomic E-state index is 0.623. The van der Waals surface area contributed by atoms with Crippen molar-refractivity contribution in [3.05, 3.63) is 114 Å². The molecular formula is C28H27N3. The van der Waals surface area contributed by atoms with Crippen molar-refractivity contribution in [3.63, 3.8) is 0 Å². The van der Waals surface area contributed by atoms with Crippen LogP contribution in [0.5, 0.6) is 0 Å². The van der Waals surface area contributed by atoms with Gasteiger partial charge in [-0.3, -0.25) is 4.99 Å². The topological polar surface area (TPSA) is 50.4 Å². The van der Waals surface area contributed by atoms with Gasteiger partial charge in [0.1, 0.15) is 0 Å². The molecule has 0 fully saturated rings. The van der Waals surface area contributed by atoms with Gasteiger partial charge in [-0.15, -0.1) is 0 Å². The Hall–Kier alpha value is -3.85. The number of nitrogens with two attached hydrogens (primary N) is 1. The third-order valence-electron chi connectivity index (χ3n) is 5.42. The van der Waals surface area contributed by atoms with Crippen LogP contribution in [-0.4, -0.2) is 12.8 Å². The van der Waals surface area contributed by atoms with Crippen LogP contribution < -0.4 is 11.1 Å². The van der Waals surface area contributed by atoms with Gasteiger partial charge in [0.2, 0.25) is 0 Å². The summed E-state index contributed by atoms with van der Waals surface area (Å²) < 4.78 is 0. The second kappa shape index (κ2) is 9.31. The molecule has 0 saturated carbocycles. The lowest BCUT2D eigenvalue weighted by Crippen LogP contribution is -2.07. The van der Waals surface area contributed by atoms with Crippen LogP contribution >= 0.6 is 0 Å². The lowest BCUT2D eigenvalue weighted by Gasteiger charge is -2.08. The van der Waals surface area contributed by atoms with Crippen molar-refractivity contribution < 1.29 is 0 Å². The van der Waals surface area contributed by atoms with E-state index in [0.717, 1.165) is 28.2 Å². The first-order valence-electron chi connectivity index (χ1n) is 10.5. The zero-order valence-electron chi connectivity index (χ0n) is 18.0. The van der Waals surface area contributed by atoms with Gasteiger partial charge >= 0.3 is 0 Å². The number of nitrogens with zero attached hydrogens (tertiary/aromatic N) is 1. The molecule has 0 atom stereocenters. The first-order chi connectivity index (χ1) is 15.1. The number of allylic oxidation sites excluding steroid dienone is 2. The van der Waals surface area contributed by atoms with Crippen LogP contribution in [0.3, 0.4) is 0 Å². The van der Waals surface area contributed by atoms with Crippen molar-refractivity contribution in [2.75, 3.05) is 12.8 Å². The number of anilines is 1. The Labute approximate surface area is 184 Å². The average molecular weight is 406 g/mol. The number of nitrogen functional groups attached to an aromatic ring is 1. The predicted octanol–water partition coefficient (Wildman–Crippen LogP) is 6.20. The maximum atomic E-state index is 5.80. The summed E-state index contributed by atoms with van der Waals surface area (Å²) in [6.45, 7) is 2.68. The zero-order valence-corrected chi connectivity index (χ0v) is 18.0. The van der Waals surface area contributed by atoms with Crippen molar-refractivity contribution in [1.82, 2.24) is 5.32 Å². The molecule has 0 spiro atoms. The van der Waals surface area contributed by atoms with Gasteiger partial charge in [-0.2, -0.15) is 0 Å². The smallest absolute Gasteiger partial charge is 0.0668 e. The third kappa shape index (κ3) is 5.01. The minimum Gasteiger partial charge on any atom is -0.399 e. The Morgan fingerprint density at radius 1 is 0.839 bits per heavy atom. The van der Waals surface area contributed by atoms with E-state index >= 15 is 0 Å². The first-order valence-corrected chi connectivity index (χ1v) is 10.5. The van der Waals surface area contributed by atoms with E-state index in [1.807, 2.05) is 31.3 Å². The van der Waals surface area contributed by atoms with Crippen LogP contribution in [0, 0.1) is 0 Å². The number of rotatable bonds is 6. The monoisotopic (exact) mass is 405 g/mol. The predicted molar refractivity (Wildman–Crippen MR) is 133 cm³/mol. The SMILES string of the molecule is CN/C(C)=C\C(=NCc1ccc(-c2ccc(N)cc2)cc1)c1ccc2ccccc2c1. The van der Waals surface area contributed by atoms with E-state index in [9.17, 15) is 0 Å². The zero-order chi connectivity index (χ0) is 21.6. The number of aliphatic imine (C=N–C) groups is 1. The number of nitrogens with one attached hydrogen (secondary N) is 1. The molecule has 0 amide bonds. The molecule has 3 heteroatoms. The van der Waals surface area contributed by atoms with E-state index in [4.69, 9.17) is 10.7 Å². The Bertz CT molecular complexity index is 1230. The fourth-order valence-corrected chi connectivity index (χ4v) is 3.50. The molecule has 0 radical (unpaired) electrons. The molecule has 3 N–H and O–H groups in total. The molecule has 0 aromatic heterocycles. The summed E-state index contributed by atoms with van der Waals surface area (Å²) in [6.07, 6.45) is 2.10. The highest BCUT2D eigenvalue weighted by Gasteiger charge is 2.04. The van der Waals surface area contributed by atoms with E-state index in [0.29, 0.717) is 6.54 Å². The summed E-state index contributed by atoms with van der Waals surface area (Å²) >= 11 is 0. The van der Waals surface area contributed by atoms with Crippen molar-refractivity contribution >= 4 is 22.2 Å². The normalized spacial score (nSPS) is 12.2. The van der Waals surface area contributed by atoms with Gasteiger partial charge in [-0.05, 0) is 58.7 Å². The highest BCUT2D eigenvalue weighted by Crippen LogP contribution is 2.22. The van der Waals surface area contributed by atoms with E-state index in [1.165, 1.54) is 21.9 Å². The Morgan fingerprint density at radius 2 is 1.48 bits per heavy atom. The van der Waals surface area contributed by atoms with Crippen molar-refractivity contribution in [1.29, 1.82) is 0 Å². The summed E-state index contributed by atoms with van der Waals surface area (Å²) in [5.74, 6) is 0. The minimum atomic E-state index is 0.623. The molecule has 0 aliphatic carbocycles. The second-order valence-corrected chi connectivity index (χ2v) is 7.66. The van der Waals surface area contributed by atoms with E-state index in [1.54, 1.807) is 0 Å². The molecule has 0 heterocycles. The van der Waals surface area contributed by atoms with Crippen LogP contribution in [-0.2, 0) is 6.54 Å². The number of hydrogen-bond acceptors (Lipinski definition) is 3. The molecule has 4 aromatic rings. The quantitative estimate of drug-likeness (QED) is 0.296. The average Bonchev–Trinajstić information content (AvgIpc) is 2.82. The van der Waals surface area contributed by atoms with Crippen LogP contribution in [0.1, 0.15) is 18.1 Å². The van der Waals surface area contributed by atoms with E-state index in [2.05, 4.69) is 85.0 Å². The first kappa shape index (κ1) is 20.4. The summed E-state index contributed by atoms with van der Waals surface area (Å²) in [5.41, 5.74) is 13.2. The van der Waals surface area contributed by atoms with Crippen LogP contribution in [0.2, 0.25) is 0 Å². The Balaban J connectivity index is 1.61. The van der Waals surface area contributed by atoms with E-state index < -0.39 is 0 Å². The summed E-state index contributed by atoms with van der Waals surface area (Å²) in [5, 5.41) is 5.65. The molecule has 0 aliphatic rings. The maximum Gasteiger partial charge on any atom is 0.0668 e. The van der Waals surface area contributed by atoms with Crippen LogP contribution in [0.4, 0.5) is 5.69 Å². The molecule has 154 valence electrons. The van der Waals surface area contributed by atoms with Gasteiger partial charge in [-0.25, -0.2) is 0 Å². The maximum absolute atomic E-state index is 5.80. The van der Waals surface area contributed by atoms with Crippen molar-refractivity contribution in [2.24, 2.45) is 4.99 Å². The molecule has 4 rings (SSSR count). The van der Waals surface area contributed by atoms with Gasteiger partial charge in [0.05, 0.1) is 12.3 Å². The Morgan fingerprint density at radius 3 is 2.16 bits per heavy atom. The van der Waals surface area contributed by atoms with Gasteiger partial charge in [0.25, 0.3) is 0 Å². The fraction of sp³-hybridized carbons (Fsp3) is 0.107. The van der Waals surface area contributed by atoms with Gasteiger partial charge in [0.15, 0.2) is 0 Å². The lowest BCUT2D eigenvalue weighted by molar-refractivity contribution is 0.990. The third-order valence-corrected chi connectivity index (χ3v) is 5.42. The summed E-state index contributed by atoms with van der Waals surface area (Å²) in [6, 6.07) is 31.4. The summed E-state index contributed by atoms with van der Waals surface area (Å²) in [7, 11) is 1.93. The second-order valence-electron chi connectivity index (χ2n) is 7.66. The van der Waals surface area contributed by atoms with E-state index in [-0.39, 0.29) is 0 Å². The van der Waals surface area contributed by atoms with Crippen LogP contribution in [0.25, 0.3) is 21.9 Å². The van der Waals surface area contributed by atoms with Gasteiger partial charge in [-0.1, -0.05) is 72.8 Å². The molecule has 0 aliphatic heterocycles. The molecule has 31 heavy (non-hydrogen) atoms. The molecule has 0 unspecified atom stereocenters. The standard InChI is InChI=1S/C28H27N3/c1-20(30-2)17-28(26-12-11-22-5-3-4-6-25(22)18-26)31-19-21-7-9-23(10-8-21)24-13-15-27(29)16-14-24/h3-18,30H,19,29H2,1-2H3/b20-17-,31-28?. The number of fused-ring (bicyclic) bond motifs is 1. The molecule has 3 nitrogen and oxygen atoms in total. The van der Waals surface area contributed by atoms with Gasteiger partial charge < -0.3 is 11.1 Å². The van der Waals surface area contributed by atoms with Gasteiger partial charge in [0, 0.05) is 24.0 Å². The lowest BCUT2D eigenvalue weighted by atomic mass is 10.0. The Kier molecular flexibility index (Phi) is 6.13. The molecular weight excluding hydrogens is 378 g/mol. The number of hydrogen-bond donors (Lipinski definition) is 2. The fourth-order valence-electron chi connectivity index (χ4n) is 3.50. The molecule has 0 bridgehead atoms. The molecule has 0 saturated heterocycles. The van der Waals surface area contributed by atoms with Crippen molar-refractivity contribution in [2.45, 2.75) is 13.5 Å². The number of benzene rings is 4. The van der Waals surface area contributed by atoms with Crippen LogP contribution in [0.15, 0.2) is 108 Å². The highest BCUT2D eigenvalue weighted by atomic mass is 14.8. The van der Waals surface area contributed by atoms with Crippen molar-refractivity contribution in [3.8, 4) is 11.1 Å². The molecule has 4 aromatic carbocycles. The largest absolute Gasteiger partial charge is 0.399 e.